The third-order valence-corrected chi connectivity index (χ3v) is 8.01. The number of benzene rings is 1. The van der Waals surface area contributed by atoms with E-state index in [0.717, 1.165) is 67.9 Å². The number of carbonyl (C=O) groups is 1. The van der Waals surface area contributed by atoms with Crippen LogP contribution in [0.1, 0.15) is 37.2 Å². The standard InChI is InChI=1S/C23H25ClN2O3/c24-19-8-14-11-25-20(26-22(27)18-10-23(18)2-5-28-6-3-23)9-13(14)7-16(19)21-15-1-4-29-12-17(15)21/h7-9,11,15,17-18,21H,1-6,10,12H2,(H,25,26,27). The first-order valence-corrected chi connectivity index (χ1v) is 11.1. The van der Waals surface area contributed by atoms with Crippen molar-refractivity contribution in [3.63, 3.8) is 0 Å². The summed E-state index contributed by atoms with van der Waals surface area (Å²) in [5.41, 5.74) is 1.39. The van der Waals surface area contributed by atoms with Crippen LogP contribution < -0.4 is 5.32 Å². The van der Waals surface area contributed by atoms with Gasteiger partial charge in [-0.3, -0.25) is 4.79 Å². The number of anilines is 1. The zero-order valence-electron chi connectivity index (χ0n) is 16.3. The Labute approximate surface area is 175 Å². The number of fused-ring (bicyclic) bond motifs is 2. The first kappa shape index (κ1) is 18.1. The predicted octanol–water partition coefficient (Wildman–Crippen LogP) is 4.39. The summed E-state index contributed by atoms with van der Waals surface area (Å²) in [5.74, 6) is 2.62. The van der Waals surface area contributed by atoms with Gasteiger partial charge in [-0.2, -0.15) is 0 Å². The van der Waals surface area contributed by atoms with E-state index in [1.165, 1.54) is 5.56 Å². The SMILES string of the molecule is O=C(Nc1cc2cc(C3C4CCOCC43)c(Cl)cc2cn1)C1CC12CCOCC2. The van der Waals surface area contributed by atoms with Crippen molar-refractivity contribution in [3.8, 4) is 0 Å². The van der Waals surface area contributed by atoms with Crippen molar-refractivity contribution in [3.05, 3.63) is 35.0 Å². The number of nitrogens with zero attached hydrogens (tertiary/aromatic N) is 1. The fourth-order valence-electron chi connectivity index (χ4n) is 5.74. The van der Waals surface area contributed by atoms with E-state index < -0.39 is 0 Å². The molecular weight excluding hydrogens is 388 g/mol. The van der Waals surface area contributed by atoms with E-state index in [4.69, 9.17) is 21.1 Å². The van der Waals surface area contributed by atoms with Gasteiger partial charge in [-0.05, 0) is 78.0 Å². The minimum Gasteiger partial charge on any atom is -0.381 e. The van der Waals surface area contributed by atoms with Crippen LogP contribution >= 0.6 is 11.6 Å². The number of halogens is 1. The van der Waals surface area contributed by atoms with Crippen LogP contribution in [0.3, 0.4) is 0 Å². The third-order valence-electron chi connectivity index (χ3n) is 7.68. The molecule has 4 unspecified atom stereocenters. The molecule has 0 radical (unpaired) electrons. The third kappa shape index (κ3) is 3.06. The summed E-state index contributed by atoms with van der Waals surface area (Å²) < 4.78 is 11.1. The summed E-state index contributed by atoms with van der Waals surface area (Å²) in [6.45, 7) is 3.25. The highest BCUT2D eigenvalue weighted by atomic mass is 35.5. The maximum Gasteiger partial charge on any atom is 0.229 e. The fraction of sp³-hybridized carbons (Fsp3) is 0.565. The molecule has 6 rings (SSSR count). The molecule has 4 atom stereocenters. The number of carbonyl (C=O) groups excluding carboxylic acids is 1. The molecule has 2 saturated heterocycles. The lowest BCUT2D eigenvalue weighted by molar-refractivity contribution is -0.118. The van der Waals surface area contributed by atoms with Crippen LogP contribution in [0.4, 0.5) is 5.82 Å². The topological polar surface area (TPSA) is 60.5 Å². The molecule has 6 heteroatoms. The Kier molecular flexibility index (Phi) is 4.16. The molecule has 152 valence electrons. The predicted molar refractivity (Wildman–Crippen MR) is 111 cm³/mol. The smallest absolute Gasteiger partial charge is 0.229 e. The van der Waals surface area contributed by atoms with E-state index in [2.05, 4.69) is 16.4 Å². The molecule has 1 amide bonds. The van der Waals surface area contributed by atoms with E-state index in [9.17, 15) is 4.79 Å². The summed E-state index contributed by atoms with van der Waals surface area (Å²) in [6.07, 6.45) is 5.88. The lowest BCUT2D eigenvalue weighted by Crippen LogP contribution is -2.24. The summed E-state index contributed by atoms with van der Waals surface area (Å²) in [5, 5.41) is 5.95. The van der Waals surface area contributed by atoms with Crippen molar-refractivity contribution in [1.82, 2.24) is 4.98 Å². The minimum atomic E-state index is 0.0956. The molecule has 1 aromatic heterocycles. The van der Waals surface area contributed by atoms with Crippen molar-refractivity contribution in [1.29, 1.82) is 0 Å². The van der Waals surface area contributed by atoms with Crippen LogP contribution in [0.25, 0.3) is 10.8 Å². The second-order valence-electron chi connectivity index (χ2n) is 9.23. The molecule has 2 aliphatic carbocycles. The first-order chi connectivity index (χ1) is 14.1. The molecule has 0 bridgehead atoms. The molecule has 2 saturated carbocycles. The molecule has 1 aromatic carbocycles. The van der Waals surface area contributed by atoms with Gasteiger partial charge in [-0.1, -0.05) is 11.6 Å². The second kappa shape index (κ2) is 6.66. The molecule has 5 nitrogen and oxygen atoms in total. The van der Waals surface area contributed by atoms with Gasteiger partial charge in [-0.15, -0.1) is 0 Å². The van der Waals surface area contributed by atoms with Gasteiger partial charge in [0.25, 0.3) is 0 Å². The molecule has 29 heavy (non-hydrogen) atoms. The normalized spacial score (nSPS) is 32.0. The molecule has 3 heterocycles. The molecule has 4 fully saturated rings. The average Bonchev–Trinajstić information content (AvgIpc) is 3.63. The van der Waals surface area contributed by atoms with Crippen LogP contribution in [0.2, 0.25) is 5.02 Å². The summed E-state index contributed by atoms with van der Waals surface area (Å²) >= 11 is 6.61. The number of aromatic nitrogens is 1. The number of nitrogens with one attached hydrogen (secondary N) is 1. The van der Waals surface area contributed by atoms with E-state index in [1.807, 2.05) is 12.1 Å². The highest BCUT2D eigenvalue weighted by Crippen LogP contribution is 2.60. The monoisotopic (exact) mass is 412 g/mol. The van der Waals surface area contributed by atoms with E-state index in [-0.39, 0.29) is 17.2 Å². The lowest BCUT2D eigenvalue weighted by Gasteiger charge is -2.22. The van der Waals surface area contributed by atoms with Gasteiger partial charge in [0.2, 0.25) is 5.91 Å². The second-order valence-corrected chi connectivity index (χ2v) is 9.64. The van der Waals surface area contributed by atoms with E-state index >= 15 is 0 Å². The Morgan fingerprint density at radius 1 is 1.10 bits per heavy atom. The quantitative estimate of drug-likeness (QED) is 0.812. The minimum absolute atomic E-state index is 0.0956. The lowest BCUT2D eigenvalue weighted by atomic mass is 9.93. The Bertz CT molecular complexity index is 975. The van der Waals surface area contributed by atoms with Gasteiger partial charge in [0, 0.05) is 42.3 Å². The van der Waals surface area contributed by atoms with Gasteiger partial charge >= 0.3 is 0 Å². The average molecular weight is 413 g/mol. The number of hydrogen-bond acceptors (Lipinski definition) is 4. The van der Waals surface area contributed by atoms with Gasteiger partial charge in [0.1, 0.15) is 5.82 Å². The van der Waals surface area contributed by atoms with Crippen LogP contribution in [-0.4, -0.2) is 37.3 Å². The van der Waals surface area contributed by atoms with E-state index in [1.54, 1.807) is 6.20 Å². The van der Waals surface area contributed by atoms with Gasteiger partial charge in [0.05, 0.1) is 6.61 Å². The van der Waals surface area contributed by atoms with Gasteiger partial charge < -0.3 is 14.8 Å². The molecule has 2 aliphatic heterocycles. The maximum atomic E-state index is 12.8. The number of hydrogen-bond donors (Lipinski definition) is 1. The first-order valence-electron chi connectivity index (χ1n) is 10.7. The molecule has 4 aliphatic rings. The van der Waals surface area contributed by atoms with Crippen molar-refractivity contribution in [2.75, 3.05) is 31.7 Å². The van der Waals surface area contributed by atoms with Gasteiger partial charge in [0.15, 0.2) is 0 Å². The van der Waals surface area contributed by atoms with Crippen molar-refractivity contribution in [2.45, 2.75) is 31.6 Å². The summed E-state index contributed by atoms with van der Waals surface area (Å²) in [7, 11) is 0. The van der Waals surface area contributed by atoms with Crippen LogP contribution in [0.5, 0.6) is 0 Å². The highest BCUT2D eigenvalue weighted by molar-refractivity contribution is 6.32. The molecular formula is C23H25ClN2O3. The van der Waals surface area contributed by atoms with Gasteiger partial charge in [-0.25, -0.2) is 4.98 Å². The molecule has 2 aromatic rings. The summed E-state index contributed by atoms with van der Waals surface area (Å²) in [6, 6.07) is 6.18. The van der Waals surface area contributed by atoms with Crippen LogP contribution in [0.15, 0.2) is 24.4 Å². The van der Waals surface area contributed by atoms with E-state index in [0.29, 0.717) is 23.6 Å². The van der Waals surface area contributed by atoms with Crippen LogP contribution in [-0.2, 0) is 14.3 Å². The Morgan fingerprint density at radius 2 is 1.97 bits per heavy atom. The number of pyridine rings is 1. The number of ether oxygens (including phenoxy) is 2. The zero-order chi connectivity index (χ0) is 19.6. The molecule has 1 spiro atoms. The van der Waals surface area contributed by atoms with Crippen molar-refractivity contribution in [2.24, 2.45) is 23.2 Å². The van der Waals surface area contributed by atoms with Crippen molar-refractivity contribution >= 4 is 34.1 Å². The Hall–Kier alpha value is -1.69. The Balaban J connectivity index is 1.23. The fourth-order valence-corrected chi connectivity index (χ4v) is 6.03. The maximum absolute atomic E-state index is 12.8. The molecule has 1 N–H and O–H groups in total. The summed E-state index contributed by atoms with van der Waals surface area (Å²) in [4.78, 5) is 17.2. The Morgan fingerprint density at radius 3 is 2.76 bits per heavy atom. The highest BCUT2D eigenvalue weighted by Gasteiger charge is 2.58. The zero-order valence-corrected chi connectivity index (χ0v) is 17.1. The largest absolute Gasteiger partial charge is 0.381 e. The van der Waals surface area contributed by atoms with Crippen molar-refractivity contribution < 1.29 is 14.3 Å². The number of amides is 1. The van der Waals surface area contributed by atoms with Crippen LogP contribution in [0, 0.1) is 23.2 Å². The number of rotatable bonds is 3.